The highest BCUT2D eigenvalue weighted by Crippen LogP contribution is 2.32. The first kappa shape index (κ1) is 17.7. The van der Waals surface area contributed by atoms with Gasteiger partial charge in [0.1, 0.15) is 18.3 Å². The quantitative estimate of drug-likeness (QED) is 0.398. The number of nitrogens with zero attached hydrogens (tertiary/aromatic N) is 3. The fraction of sp³-hybridized carbons (Fsp3) is 0.600. The number of carbonyl (C=O) groups is 1. The van der Waals surface area contributed by atoms with E-state index in [1.54, 1.807) is 18.3 Å². The Labute approximate surface area is 142 Å². The number of carboxylic acid groups (broad SMARTS) is 1. The molecule has 2 fully saturated rings. The maximum absolute atomic E-state index is 11.1. The van der Waals surface area contributed by atoms with Gasteiger partial charge in [0.05, 0.1) is 17.3 Å². The van der Waals surface area contributed by atoms with Crippen LogP contribution in [0, 0.1) is 4.91 Å². The summed E-state index contributed by atoms with van der Waals surface area (Å²) in [6.07, 6.45) is -3.41. The molecule has 2 aliphatic rings. The Balaban J connectivity index is 1.89. The number of hydrogen-bond acceptors (Lipinski definition) is 8. The van der Waals surface area contributed by atoms with Gasteiger partial charge in [0.15, 0.2) is 18.5 Å². The second-order valence-corrected chi connectivity index (χ2v) is 6.23. The normalized spacial score (nSPS) is 35.6. The van der Waals surface area contributed by atoms with Gasteiger partial charge >= 0.3 is 0 Å². The van der Waals surface area contributed by atoms with Gasteiger partial charge in [-0.3, -0.25) is 5.01 Å². The molecular formula is C15H19N3O7. The molecule has 2 saturated heterocycles. The molecule has 0 aromatic carbocycles. The Morgan fingerprint density at radius 2 is 2.08 bits per heavy atom. The first-order valence-corrected chi connectivity index (χ1v) is 7.95. The average Bonchev–Trinajstić information content (AvgIpc) is 3.08. The first-order valence-electron chi connectivity index (χ1n) is 7.95. The van der Waals surface area contributed by atoms with Crippen molar-refractivity contribution in [3.05, 3.63) is 35.0 Å². The molecule has 0 spiro atoms. The minimum absolute atomic E-state index is 0.224. The topological polar surface area (TPSA) is 147 Å². The van der Waals surface area contributed by atoms with Gasteiger partial charge in [-0.05, 0) is 18.9 Å². The van der Waals surface area contributed by atoms with E-state index >= 15 is 0 Å². The Morgan fingerprint density at radius 3 is 2.76 bits per heavy atom. The Hall–Kier alpha value is -2.14. The molecular weight excluding hydrogens is 334 g/mol. The largest absolute Gasteiger partial charge is 0.547 e. The Kier molecular flexibility index (Phi) is 4.95. The second-order valence-electron chi connectivity index (χ2n) is 6.23. The van der Waals surface area contributed by atoms with Crippen molar-refractivity contribution >= 4 is 5.97 Å². The van der Waals surface area contributed by atoms with Crippen LogP contribution in [0.5, 0.6) is 0 Å². The molecule has 4 unspecified atom stereocenters. The van der Waals surface area contributed by atoms with Gasteiger partial charge in [-0.15, -0.1) is 4.91 Å². The number of hydrogen-bond donors (Lipinski definition) is 3. The number of aliphatic hydroxyl groups is 3. The zero-order valence-electron chi connectivity index (χ0n) is 13.2. The highest BCUT2D eigenvalue weighted by molar-refractivity contribution is 5.71. The molecule has 136 valence electrons. The lowest BCUT2D eigenvalue weighted by Gasteiger charge is -2.37. The highest BCUT2D eigenvalue weighted by Gasteiger charge is 2.49. The average molecular weight is 353 g/mol. The van der Waals surface area contributed by atoms with E-state index in [0.29, 0.717) is 6.54 Å². The minimum atomic E-state index is -1.80. The van der Waals surface area contributed by atoms with Gasteiger partial charge in [-0.1, -0.05) is 0 Å². The molecule has 0 bridgehead atoms. The molecule has 2 aliphatic heterocycles. The molecule has 10 heteroatoms. The fourth-order valence-corrected chi connectivity index (χ4v) is 3.36. The van der Waals surface area contributed by atoms with E-state index in [1.165, 1.54) is 15.8 Å². The monoisotopic (exact) mass is 353 g/mol. The number of aliphatic carboxylic acids is 1. The van der Waals surface area contributed by atoms with Crippen LogP contribution in [-0.4, -0.2) is 57.3 Å². The third-order valence-corrected chi connectivity index (χ3v) is 4.67. The van der Waals surface area contributed by atoms with Crippen LogP contribution in [-0.2, 0) is 9.53 Å². The summed E-state index contributed by atoms with van der Waals surface area (Å²) in [5, 5.41) is 45.3. The summed E-state index contributed by atoms with van der Waals surface area (Å²) in [7, 11) is 0. The summed E-state index contributed by atoms with van der Waals surface area (Å²) in [6.45, 7) is 0.545. The number of aromatic nitrogens is 1. The van der Waals surface area contributed by atoms with Gasteiger partial charge in [0.2, 0.25) is 0 Å². The van der Waals surface area contributed by atoms with E-state index in [9.17, 15) is 30.1 Å². The zero-order chi connectivity index (χ0) is 18.1. The van der Waals surface area contributed by atoms with Gasteiger partial charge < -0.3 is 30.0 Å². The Bertz CT molecular complexity index is 658. The van der Waals surface area contributed by atoms with Crippen molar-refractivity contribution in [2.24, 2.45) is 5.29 Å². The summed E-state index contributed by atoms with van der Waals surface area (Å²) in [4.78, 5) is 22.0. The van der Waals surface area contributed by atoms with Crippen LogP contribution in [0.4, 0.5) is 0 Å². The molecule has 3 heterocycles. The molecule has 3 N–H and O–H groups in total. The first-order chi connectivity index (χ1) is 11.9. The van der Waals surface area contributed by atoms with Gasteiger partial charge in [-0.25, -0.2) is 0 Å². The summed E-state index contributed by atoms with van der Waals surface area (Å²) < 4.78 is 6.64. The van der Waals surface area contributed by atoms with Crippen LogP contribution in [0.15, 0.2) is 29.8 Å². The van der Waals surface area contributed by atoms with E-state index in [4.69, 9.17) is 4.74 Å². The molecule has 3 rings (SSSR count). The number of aliphatic hydroxyl groups excluding tert-OH is 3. The maximum Gasteiger partial charge on any atom is 0.292 e. The molecule has 6 atom stereocenters. The van der Waals surface area contributed by atoms with E-state index in [-0.39, 0.29) is 6.04 Å². The van der Waals surface area contributed by atoms with Crippen LogP contribution in [0.25, 0.3) is 0 Å². The van der Waals surface area contributed by atoms with Crippen molar-refractivity contribution in [1.29, 1.82) is 0 Å². The zero-order valence-corrected chi connectivity index (χ0v) is 13.2. The lowest BCUT2D eigenvalue weighted by molar-refractivity contribution is -0.777. The number of pyridine rings is 1. The van der Waals surface area contributed by atoms with Crippen LogP contribution >= 0.6 is 0 Å². The van der Waals surface area contributed by atoms with Crippen molar-refractivity contribution in [2.75, 3.05) is 6.54 Å². The number of ether oxygens (including phenoxy) is 1. The van der Waals surface area contributed by atoms with E-state index in [0.717, 1.165) is 18.4 Å². The van der Waals surface area contributed by atoms with Crippen molar-refractivity contribution in [2.45, 2.75) is 49.5 Å². The van der Waals surface area contributed by atoms with Crippen LogP contribution in [0.2, 0.25) is 0 Å². The Morgan fingerprint density at radius 1 is 1.32 bits per heavy atom. The van der Waals surface area contributed by atoms with Gasteiger partial charge in [0, 0.05) is 18.2 Å². The molecule has 0 radical (unpaired) electrons. The van der Waals surface area contributed by atoms with Crippen molar-refractivity contribution in [1.82, 2.24) is 5.01 Å². The predicted octanol–water partition coefficient (Wildman–Crippen LogP) is -2.48. The van der Waals surface area contributed by atoms with Crippen LogP contribution in [0.1, 0.15) is 30.7 Å². The van der Waals surface area contributed by atoms with E-state index in [1.807, 2.05) is 0 Å². The molecule has 25 heavy (non-hydrogen) atoms. The molecule has 0 saturated carbocycles. The SMILES string of the molecule is O=NN1CCCC1c1ccc[n+]([C@@H]2OC(C(=O)[O-])[C@@H](O)C(O)C2O)c1. The van der Waals surface area contributed by atoms with Crippen molar-refractivity contribution < 1.29 is 34.5 Å². The lowest BCUT2D eigenvalue weighted by Crippen LogP contribution is -2.65. The lowest BCUT2D eigenvalue weighted by atomic mass is 9.97. The molecule has 0 amide bonds. The maximum atomic E-state index is 11.1. The van der Waals surface area contributed by atoms with Crippen LogP contribution < -0.4 is 9.67 Å². The van der Waals surface area contributed by atoms with Crippen LogP contribution in [0.3, 0.4) is 0 Å². The summed E-state index contributed by atoms with van der Waals surface area (Å²) >= 11 is 0. The van der Waals surface area contributed by atoms with Gasteiger partial charge in [-0.2, -0.15) is 4.57 Å². The fourth-order valence-electron chi connectivity index (χ4n) is 3.36. The number of rotatable bonds is 4. The molecule has 1 aromatic heterocycles. The molecule has 0 aliphatic carbocycles. The number of carboxylic acids is 1. The molecule has 10 nitrogen and oxygen atoms in total. The number of nitroso groups, excluding NO2 is 1. The van der Waals surface area contributed by atoms with E-state index < -0.39 is 36.6 Å². The molecule has 1 aromatic rings. The standard InChI is InChI=1S/C15H19N3O7/c19-10-11(20)13(15(22)23)25-14(12(10)21)17-5-1-3-8(7-17)9-4-2-6-18(9)16-24/h1,3,5,7,9-14,19-21H,2,4,6H2/t9?,10?,11-,12?,13?,14+/m0/s1. The minimum Gasteiger partial charge on any atom is -0.547 e. The van der Waals surface area contributed by atoms with Crippen molar-refractivity contribution in [3.8, 4) is 0 Å². The van der Waals surface area contributed by atoms with Gasteiger partial charge in [0.25, 0.3) is 6.23 Å². The third-order valence-electron chi connectivity index (χ3n) is 4.67. The predicted molar refractivity (Wildman–Crippen MR) is 78.1 cm³/mol. The van der Waals surface area contributed by atoms with Crippen molar-refractivity contribution in [3.63, 3.8) is 0 Å². The van der Waals surface area contributed by atoms with E-state index in [2.05, 4.69) is 5.29 Å². The smallest absolute Gasteiger partial charge is 0.292 e. The highest BCUT2D eigenvalue weighted by atomic mass is 16.6. The third kappa shape index (κ3) is 3.21. The second kappa shape index (κ2) is 7.00. The summed E-state index contributed by atoms with van der Waals surface area (Å²) in [6, 6.07) is 3.21. The summed E-state index contributed by atoms with van der Waals surface area (Å²) in [5.41, 5.74) is 0.737. The number of carbonyl (C=O) groups excluding carboxylic acids is 1. The summed E-state index contributed by atoms with van der Waals surface area (Å²) in [5.74, 6) is -1.69.